The largest absolute Gasteiger partial charge is 0.306 e. The van der Waals surface area contributed by atoms with Crippen LogP contribution in [0.15, 0.2) is 46.9 Å². The molecular formula is C15H12BrClN2S. The van der Waals surface area contributed by atoms with Crippen molar-refractivity contribution in [1.82, 2.24) is 10.3 Å². The van der Waals surface area contributed by atoms with Gasteiger partial charge < -0.3 is 5.32 Å². The molecule has 0 aliphatic carbocycles. The Hall–Kier alpha value is -0.940. The third kappa shape index (κ3) is 3.20. The molecule has 0 aliphatic rings. The van der Waals surface area contributed by atoms with Gasteiger partial charge in [0.2, 0.25) is 0 Å². The smallest absolute Gasteiger partial charge is 0.108 e. The van der Waals surface area contributed by atoms with Gasteiger partial charge in [0.05, 0.1) is 15.2 Å². The fraction of sp³-hybridized carbons (Fsp3) is 0.133. The van der Waals surface area contributed by atoms with E-state index in [1.807, 2.05) is 36.4 Å². The van der Waals surface area contributed by atoms with Crippen molar-refractivity contribution in [3.05, 3.63) is 62.5 Å². The van der Waals surface area contributed by atoms with Gasteiger partial charge in [0.1, 0.15) is 5.01 Å². The van der Waals surface area contributed by atoms with Crippen LogP contribution in [0.25, 0.3) is 10.2 Å². The third-order valence-corrected chi connectivity index (χ3v) is 5.18. The number of benzene rings is 2. The van der Waals surface area contributed by atoms with Gasteiger partial charge >= 0.3 is 0 Å². The van der Waals surface area contributed by atoms with Gasteiger partial charge in [-0.2, -0.15) is 0 Å². The van der Waals surface area contributed by atoms with E-state index in [9.17, 15) is 0 Å². The maximum absolute atomic E-state index is 5.98. The Morgan fingerprint density at radius 2 is 2.00 bits per heavy atom. The Kier molecular flexibility index (Phi) is 4.36. The van der Waals surface area contributed by atoms with E-state index in [0.717, 1.165) is 33.1 Å². The summed E-state index contributed by atoms with van der Waals surface area (Å²) >= 11 is 11.2. The SMILES string of the molecule is Clc1ccc(CNCc2nc3ccccc3s2)cc1Br. The van der Waals surface area contributed by atoms with Crippen molar-refractivity contribution >= 4 is 49.1 Å². The topological polar surface area (TPSA) is 24.9 Å². The molecule has 2 nitrogen and oxygen atoms in total. The van der Waals surface area contributed by atoms with Crippen LogP contribution in [0.1, 0.15) is 10.6 Å². The van der Waals surface area contributed by atoms with Crippen LogP contribution in [0.3, 0.4) is 0 Å². The van der Waals surface area contributed by atoms with Crippen LogP contribution in [0.5, 0.6) is 0 Å². The average Bonchev–Trinajstić information content (AvgIpc) is 2.85. The van der Waals surface area contributed by atoms with Gasteiger partial charge in [0.15, 0.2) is 0 Å². The van der Waals surface area contributed by atoms with Crippen LogP contribution in [0.2, 0.25) is 5.02 Å². The summed E-state index contributed by atoms with van der Waals surface area (Å²) in [5.74, 6) is 0. The number of nitrogens with zero attached hydrogens (tertiary/aromatic N) is 1. The van der Waals surface area contributed by atoms with Crippen LogP contribution in [0, 0.1) is 0 Å². The zero-order chi connectivity index (χ0) is 13.9. The number of halogens is 2. The Morgan fingerprint density at radius 3 is 2.80 bits per heavy atom. The van der Waals surface area contributed by atoms with Gasteiger partial charge in [-0.15, -0.1) is 11.3 Å². The van der Waals surface area contributed by atoms with E-state index >= 15 is 0 Å². The van der Waals surface area contributed by atoms with Gasteiger partial charge in [0, 0.05) is 17.6 Å². The van der Waals surface area contributed by atoms with Crippen molar-refractivity contribution in [3.63, 3.8) is 0 Å². The molecule has 0 saturated carbocycles. The second-order valence-corrected chi connectivity index (χ2v) is 6.80. The summed E-state index contributed by atoms with van der Waals surface area (Å²) in [6, 6.07) is 14.2. The molecule has 0 bridgehead atoms. The second kappa shape index (κ2) is 6.22. The van der Waals surface area contributed by atoms with E-state index in [4.69, 9.17) is 11.6 Å². The summed E-state index contributed by atoms with van der Waals surface area (Å²) in [5.41, 5.74) is 2.27. The molecule has 102 valence electrons. The average molecular weight is 368 g/mol. The molecule has 0 spiro atoms. The number of para-hydroxylation sites is 1. The Balaban J connectivity index is 1.63. The van der Waals surface area contributed by atoms with E-state index < -0.39 is 0 Å². The summed E-state index contributed by atoms with van der Waals surface area (Å²) in [4.78, 5) is 4.60. The van der Waals surface area contributed by atoms with Crippen LogP contribution in [0.4, 0.5) is 0 Å². The van der Waals surface area contributed by atoms with Gasteiger partial charge in [-0.25, -0.2) is 4.98 Å². The molecule has 2 aromatic carbocycles. The zero-order valence-corrected chi connectivity index (χ0v) is 13.7. The van der Waals surface area contributed by atoms with E-state index in [-0.39, 0.29) is 0 Å². The lowest BCUT2D eigenvalue weighted by atomic mass is 10.2. The Bertz CT molecular complexity index is 709. The fourth-order valence-electron chi connectivity index (χ4n) is 1.96. The molecule has 0 fully saturated rings. The minimum Gasteiger partial charge on any atom is -0.306 e. The minimum absolute atomic E-state index is 0.736. The maximum atomic E-state index is 5.98. The molecule has 20 heavy (non-hydrogen) atoms. The molecular weight excluding hydrogens is 356 g/mol. The molecule has 5 heteroatoms. The van der Waals surface area contributed by atoms with Crippen molar-refractivity contribution in [1.29, 1.82) is 0 Å². The third-order valence-electron chi connectivity index (χ3n) is 2.93. The molecule has 0 aliphatic heterocycles. The lowest BCUT2D eigenvalue weighted by molar-refractivity contribution is 0.691. The summed E-state index contributed by atoms with van der Waals surface area (Å²) in [6.07, 6.45) is 0. The summed E-state index contributed by atoms with van der Waals surface area (Å²) in [7, 11) is 0. The quantitative estimate of drug-likeness (QED) is 0.701. The lowest BCUT2D eigenvalue weighted by Crippen LogP contribution is -2.12. The molecule has 1 aromatic heterocycles. The summed E-state index contributed by atoms with van der Waals surface area (Å²) in [5, 5.41) is 5.26. The molecule has 3 aromatic rings. The van der Waals surface area contributed by atoms with E-state index in [0.29, 0.717) is 0 Å². The van der Waals surface area contributed by atoms with Gasteiger partial charge in [0.25, 0.3) is 0 Å². The first-order valence-electron chi connectivity index (χ1n) is 6.21. The highest BCUT2D eigenvalue weighted by molar-refractivity contribution is 9.10. The number of nitrogens with one attached hydrogen (secondary N) is 1. The highest BCUT2D eigenvalue weighted by Gasteiger charge is 2.03. The first-order valence-corrected chi connectivity index (χ1v) is 8.20. The number of fused-ring (bicyclic) bond motifs is 1. The van der Waals surface area contributed by atoms with Crippen LogP contribution in [-0.2, 0) is 13.1 Å². The minimum atomic E-state index is 0.736. The van der Waals surface area contributed by atoms with Crippen LogP contribution in [-0.4, -0.2) is 4.98 Å². The molecule has 3 rings (SSSR count). The zero-order valence-electron chi connectivity index (χ0n) is 10.6. The predicted octanol–water partition coefficient (Wildman–Crippen LogP) is 5.00. The summed E-state index contributed by atoms with van der Waals surface area (Å²) < 4.78 is 2.16. The first kappa shape index (κ1) is 14.0. The van der Waals surface area contributed by atoms with Crippen molar-refractivity contribution in [2.45, 2.75) is 13.1 Å². The molecule has 0 saturated heterocycles. The van der Waals surface area contributed by atoms with E-state index in [1.165, 1.54) is 10.3 Å². The number of thiazole rings is 1. The number of rotatable bonds is 4. The van der Waals surface area contributed by atoms with Crippen LogP contribution >= 0.6 is 38.9 Å². The van der Waals surface area contributed by atoms with Crippen molar-refractivity contribution in [3.8, 4) is 0 Å². The molecule has 0 amide bonds. The highest BCUT2D eigenvalue weighted by atomic mass is 79.9. The van der Waals surface area contributed by atoms with Crippen molar-refractivity contribution < 1.29 is 0 Å². The van der Waals surface area contributed by atoms with Gasteiger partial charge in [-0.1, -0.05) is 29.8 Å². The molecule has 0 atom stereocenters. The number of hydrogen-bond donors (Lipinski definition) is 1. The molecule has 1 N–H and O–H groups in total. The molecule has 1 heterocycles. The van der Waals surface area contributed by atoms with E-state index in [1.54, 1.807) is 11.3 Å². The first-order chi connectivity index (χ1) is 9.72. The second-order valence-electron chi connectivity index (χ2n) is 4.43. The monoisotopic (exact) mass is 366 g/mol. The lowest BCUT2D eigenvalue weighted by Gasteiger charge is -2.04. The van der Waals surface area contributed by atoms with Crippen LogP contribution < -0.4 is 5.32 Å². The van der Waals surface area contributed by atoms with E-state index in [2.05, 4.69) is 32.3 Å². The van der Waals surface area contributed by atoms with Gasteiger partial charge in [-0.05, 0) is 45.8 Å². The number of hydrogen-bond acceptors (Lipinski definition) is 3. The maximum Gasteiger partial charge on any atom is 0.108 e. The van der Waals surface area contributed by atoms with Crippen molar-refractivity contribution in [2.24, 2.45) is 0 Å². The predicted molar refractivity (Wildman–Crippen MR) is 89.3 cm³/mol. The normalized spacial score (nSPS) is 11.1. The van der Waals surface area contributed by atoms with Crippen molar-refractivity contribution in [2.75, 3.05) is 0 Å². The Morgan fingerprint density at radius 1 is 1.15 bits per heavy atom. The Labute approximate surface area is 134 Å². The molecule has 0 unspecified atom stereocenters. The van der Waals surface area contributed by atoms with Gasteiger partial charge in [-0.3, -0.25) is 0 Å². The molecule has 0 radical (unpaired) electrons. The standard InChI is InChI=1S/C15H12BrClN2S/c16-11-7-10(5-6-12(11)17)8-18-9-15-19-13-3-1-2-4-14(13)20-15/h1-7,18H,8-9H2. The summed E-state index contributed by atoms with van der Waals surface area (Å²) in [6.45, 7) is 1.57. The number of aromatic nitrogens is 1. The highest BCUT2D eigenvalue weighted by Crippen LogP contribution is 2.24. The fourth-order valence-corrected chi connectivity index (χ4v) is 3.44.